The maximum absolute atomic E-state index is 15.4. The van der Waals surface area contributed by atoms with Gasteiger partial charge >= 0.3 is 0 Å². The molecule has 2 aromatic heterocycles. The zero-order valence-corrected chi connectivity index (χ0v) is 22.0. The fourth-order valence-corrected chi connectivity index (χ4v) is 7.15. The van der Waals surface area contributed by atoms with Gasteiger partial charge in [0.15, 0.2) is 11.8 Å². The van der Waals surface area contributed by atoms with Gasteiger partial charge in [-0.25, -0.2) is 9.37 Å². The molecule has 5 heterocycles. The maximum Gasteiger partial charge on any atom is 0.296 e. The van der Waals surface area contributed by atoms with E-state index in [4.69, 9.17) is 40.3 Å². The number of imidazole rings is 1. The minimum atomic E-state index is -0.648. The van der Waals surface area contributed by atoms with Crippen molar-refractivity contribution in [1.29, 1.82) is 0 Å². The monoisotopic (exact) mass is 557 g/mol. The molecule has 1 aromatic carbocycles. The number of rotatable bonds is 6. The van der Waals surface area contributed by atoms with E-state index in [0.29, 0.717) is 46.1 Å². The van der Waals surface area contributed by atoms with E-state index in [2.05, 4.69) is 9.97 Å². The zero-order chi connectivity index (χ0) is 26.3. The van der Waals surface area contributed by atoms with E-state index in [1.165, 1.54) is 6.07 Å². The van der Waals surface area contributed by atoms with E-state index in [-0.39, 0.29) is 48.8 Å². The number of nitrogens with zero attached hydrogens (tertiary/aromatic N) is 2. The first kappa shape index (κ1) is 24.3. The van der Waals surface area contributed by atoms with Crippen LogP contribution in [0.4, 0.5) is 4.39 Å². The summed E-state index contributed by atoms with van der Waals surface area (Å²) >= 11 is 6.62. The molecule has 11 heteroatoms. The third-order valence-corrected chi connectivity index (χ3v) is 9.29. The van der Waals surface area contributed by atoms with Crippen LogP contribution in [0.5, 0.6) is 11.8 Å². The van der Waals surface area contributed by atoms with E-state index < -0.39 is 6.10 Å². The molecule has 2 aliphatic carbocycles. The lowest BCUT2D eigenvalue weighted by Crippen LogP contribution is -2.56. The van der Waals surface area contributed by atoms with Gasteiger partial charge < -0.3 is 33.8 Å². The highest BCUT2D eigenvalue weighted by atomic mass is 35.5. The van der Waals surface area contributed by atoms with Crippen LogP contribution in [0, 0.1) is 11.2 Å². The van der Waals surface area contributed by atoms with E-state index in [1.807, 2.05) is 6.07 Å². The number of ether oxygens (including phenoxy) is 5. The topological polar surface area (TPSA) is 108 Å². The van der Waals surface area contributed by atoms with Crippen LogP contribution in [0.25, 0.3) is 11.2 Å². The summed E-state index contributed by atoms with van der Waals surface area (Å²) in [5.41, 5.74) is 3.84. The van der Waals surface area contributed by atoms with E-state index in [0.717, 1.165) is 50.0 Å². The molecular weight excluding hydrogens is 529 g/mol. The number of hydrogen-bond acceptors (Lipinski definition) is 8. The molecule has 8 rings (SSSR count). The fraction of sp³-hybridized carbons (Fsp3) is 0.571. The van der Waals surface area contributed by atoms with Crippen LogP contribution in [-0.4, -0.2) is 77.0 Å². The van der Waals surface area contributed by atoms with Crippen molar-refractivity contribution < 1.29 is 33.2 Å². The number of aliphatic hydroxyl groups excluding tert-OH is 1. The maximum atomic E-state index is 15.4. The number of benzene rings is 1. The van der Waals surface area contributed by atoms with Crippen molar-refractivity contribution in [3.63, 3.8) is 0 Å². The molecule has 39 heavy (non-hydrogen) atoms. The lowest BCUT2D eigenvalue weighted by atomic mass is 9.65. The third-order valence-electron chi connectivity index (χ3n) is 8.96. The van der Waals surface area contributed by atoms with Crippen LogP contribution < -0.4 is 9.47 Å². The summed E-state index contributed by atoms with van der Waals surface area (Å²) < 4.78 is 44.0. The number of H-pyrrole nitrogens is 1. The number of fused-ring (bicyclic) bond motifs is 3. The minimum absolute atomic E-state index is 0.0243. The molecule has 1 spiro atoms. The Hall–Kier alpha value is -2.50. The molecule has 0 amide bonds. The van der Waals surface area contributed by atoms with Crippen LogP contribution in [-0.2, 0) is 27.1 Å². The van der Waals surface area contributed by atoms with E-state index in [9.17, 15) is 5.11 Å². The highest BCUT2D eigenvalue weighted by molar-refractivity contribution is 6.31. The standard InChI is InChI=1S/C28H29ClFN3O6/c29-17-6-20-26(33-27(32-20)39-22-10-37-24-21(34)9-36-25(22)24)31-19(17)4-14-2-1-13-3-15(5-18(30)23(13)14)38-16-7-28(8-16)11-35-12-28/h3,5-6,14,16,21-22,24-25,34H,1-2,4,7-12H2,(H,31,32,33)/t14?,21-,22-,24-,25-/m1/s1. The number of halogens is 2. The normalized spacial score (nSPS) is 30.8. The number of pyridine rings is 1. The molecular formula is C28H29ClFN3O6. The highest BCUT2D eigenvalue weighted by Gasteiger charge is 2.51. The number of aliphatic hydroxyl groups is 1. The van der Waals surface area contributed by atoms with Gasteiger partial charge in [-0.05, 0) is 61.3 Å². The van der Waals surface area contributed by atoms with Gasteiger partial charge in [-0.3, -0.25) is 0 Å². The molecule has 2 N–H and O–H groups in total. The molecule has 3 aromatic rings. The molecule has 206 valence electrons. The van der Waals surface area contributed by atoms with Gasteiger partial charge in [-0.15, -0.1) is 0 Å². The number of nitrogens with one attached hydrogen (secondary N) is 1. The summed E-state index contributed by atoms with van der Waals surface area (Å²) in [5, 5.41) is 10.5. The number of aromatic nitrogens is 3. The molecule has 3 saturated heterocycles. The van der Waals surface area contributed by atoms with E-state index in [1.54, 1.807) is 6.07 Å². The molecule has 0 radical (unpaired) electrons. The molecule has 1 unspecified atom stereocenters. The fourth-order valence-electron chi connectivity index (χ4n) is 6.92. The summed E-state index contributed by atoms with van der Waals surface area (Å²) in [7, 11) is 0. The summed E-state index contributed by atoms with van der Waals surface area (Å²) in [6, 6.07) is 5.60. The van der Waals surface area contributed by atoms with Crippen molar-refractivity contribution in [1.82, 2.24) is 15.0 Å². The van der Waals surface area contributed by atoms with Crippen LogP contribution in [0.1, 0.15) is 42.0 Å². The van der Waals surface area contributed by atoms with Gasteiger partial charge in [0.25, 0.3) is 6.01 Å². The Kier molecular flexibility index (Phi) is 5.61. The van der Waals surface area contributed by atoms with Crippen molar-refractivity contribution in [3.05, 3.63) is 45.9 Å². The highest BCUT2D eigenvalue weighted by Crippen LogP contribution is 2.49. The SMILES string of the molecule is O[C@@H]1CO[C@H]2[C@@H]1OC[C@H]2Oc1nc2nc(CC3CCc4cc(OC5CC6(COC6)C5)cc(F)c43)c(Cl)cc2[nH]1. The quantitative estimate of drug-likeness (QED) is 0.474. The number of aromatic amines is 1. The van der Waals surface area contributed by atoms with Crippen LogP contribution >= 0.6 is 11.6 Å². The van der Waals surface area contributed by atoms with Gasteiger partial charge in [0.2, 0.25) is 0 Å². The van der Waals surface area contributed by atoms with Crippen molar-refractivity contribution in [2.45, 2.75) is 68.5 Å². The summed E-state index contributed by atoms with van der Waals surface area (Å²) in [6.07, 6.45) is 2.47. The Labute approximate surface area is 228 Å². The first-order valence-electron chi connectivity index (χ1n) is 13.6. The Balaban J connectivity index is 0.972. The lowest BCUT2D eigenvalue weighted by molar-refractivity contribution is -0.191. The first-order valence-corrected chi connectivity index (χ1v) is 14.0. The van der Waals surface area contributed by atoms with Gasteiger partial charge in [0, 0.05) is 11.5 Å². The Bertz CT molecular complexity index is 1440. The average Bonchev–Trinajstić information content (AvgIpc) is 3.62. The second kappa shape index (κ2) is 9.01. The summed E-state index contributed by atoms with van der Waals surface area (Å²) in [6.45, 7) is 2.17. The van der Waals surface area contributed by atoms with Crippen LogP contribution in [0.2, 0.25) is 5.02 Å². The van der Waals surface area contributed by atoms with Gasteiger partial charge in [0.1, 0.15) is 36.0 Å². The molecule has 5 aliphatic rings. The predicted molar refractivity (Wildman–Crippen MR) is 137 cm³/mol. The van der Waals surface area contributed by atoms with Crippen LogP contribution in [0.3, 0.4) is 0 Å². The van der Waals surface area contributed by atoms with Crippen LogP contribution in [0.15, 0.2) is 18.2 Å². The largest absolute Gasteiger partial charge is 0.490 e. The predicted octanol–water partition coefficient (Wildman–Crippen LogP) is 3.49. The molecule has 1 saturated carbocycles. The Morgan fingerprint density at radius 3 is 2.77 bits per heavy atom. The number of hydrogen-bond donors (Lipinski definition) is 2. The summed E-state index contributed by atoms with van der Waals surface area (Å²) in [5.74, 6) is 0.365. The molecule has 5 atom stereocenters. The van der Waals surface area contributed by atoms with Gasteiger partial charge in [-0.2, -0.15) is 4.98 Å². The smallest absolute Gasteiger partial charge is 0.296 e. The van der Waals surface area contributed by atoms with Crippen molar-refractivity contribution in [2.75, 3.05) is 26.4 Å². The van der Waals surface area contributed by atoms with Crippen molar-refractivity contribution >= 4 is 22.8 Å². The first-order chi connectivity index (χ1) is 18.9. The molecule has 0 bridgehead atoms. The summed E-state index contributed by atoms with van der Waals surface area (Å²) in [4.78, 5) is 12.3. The van der Waals surface area contributed by atoms with Gasteiger partial charge in [0.05, 0.1) is 42.7 Å². The van der Waals surface area contributed by atoms with Gasteiger partial charge in [-0.1, -0.05) is 11.6 Å². The second-order valence-electron chi connectivity index (χ2n) is 11.7. The zero-order valence-electron chi connectivity index (χ0n) is 21.2. The van der Waals surface area contributed by atoms with Crippen molar-refractivity contribution in [2.24, 2.45) is 5.41 Å². The Morgan fingerprint density at radius 2 is 1.95 bits per heavy atom. The second-order valence-corrected chi connectivity index (χ2v) is 12.1. The average molecular weight is 558 g/mol. The van der Waals surface area contributed by atoms with E-state index >= 15 is 4.39 Å². The third kappa shape index (κ3) is 4.11. The molecule has 9 nitrogen and oxygen atoms in total. The number of aryl methyl sites for hydroxylation is 1. The molecule has 4 fully saturated rings. The van der Waals surface area contributed by atoms with Crippen molar-refractivity contribution in [3.8, 4) is 11.8 Å². The lowest BCUT2D eigenvalue weighted by Gasteiger charge is -2.52. The Morgan fingerprint density at radius 1 is 1.10 bits per heavy atom. The molecule has 3 aliphatic heterocycles. The minimum Gasteiger partial charge on any atom is -0.490 e.